The van der Waals surface area contributed by atoms with Crippen LogP contribution in [0.3, 0.4) is 0 Å². The van der Waals surface area contributed by atoms with E-state index in [1.54, 1.807) is 26.2 Å². The number of methoxy groups -OCH3 is 1. The summed E-state index contributed by atoms with van der Waals surface area (Å²) in [6.07, 6.45) is 0. The zero-order chi connectivity index (χ0) is 17.8. The molecule has 2 aromatic carbocycles. The molecule has 2 N–H and O–H groups in total. The Morgan fingerprint density at radius 2 is 2.04 bits per heavy atom. The highest BCUT2D eigenvalue weighted by molar-refractivity contribution is 6.32. The topological polar surface area (TPSA) is 68.8 Å². The molecule has 0 aliphatic carbocycles. The van der Waals surface area contributed by atoms with E-state index in [0.717, 1.165) is 17.0 Å². The summed E-state index contributed by atoms with van der Waals surface area (Å²) in [4.78, 5) is 12.3. The molecule has 6 nitrogen and oxygen atoms in total. The lowest BCUT2D eigenvalue weighted by Crippen LogP contribution is -2.37. The van der Waals surface area contributed by atoms with Crippen LogP contribution in [0.2, 0.25) is 5.02 Å². The number of anilines is 1. The van der Waals surface area contributed by atoms with E-state index in [2.05, 4.69) is 10.6 Å². The molecule has 0 unspecified atom stereocenters. The maximum Gasteiger partial charge on any atom is 0.242 e. The van der Waals surface area contributed by atoms with E-state index in [9.17, 15) is 4.79 Å². The normalized spacial score (nSPS) is 13.2. The number of carbonyl (C=O) groups excluding carboxylic acids is 1. The van der Waals surface area contributed by atoms with Gasteiger partial charge in [-0.1, -0.05) is 17.7 Å². The quantitative estimate of drug-likeness (QED) is 0.826. The number of hydrogen-bond donors (Lipinski definition) is 2. The summed E-state index contributed by atoms with van der Waals surface area (Å²) in [5, 5.41) is 6.49. The van der Waals surface area contributed by atoms with Crippen LogP contribution in [0.1, 0.15) is 12.5 Å². The second-order valence-corrected chi connectivity index (χ2v) is 6.03. The molecular formula is C18H19ClN2O4. The van der Waals surface area contributed by atoms with Crippen molar-refractivity contribution in [2.75, 3.05) is 19.2 Å². The van der Waals surface area contributed by atoms with E-state index in [-0.39, 0.29) is 12.7 Å². The van der Waals surface area contributed by atoms with Crippen LogP contribution in [0.25, 0.3) is 0 Å². The van der Waals surface area contributed by atoms with Gasteiger partial charge in [-0.05, 0) is 42.8 Å². The van der Waals surface area contributed by atoms with Crippen molar-refractivity contribution < 1.29 is 19.0 Å². The SMILES string of the molecule is COc1ccc(N[C@@H](C)C(=O)NCc2ccc3c(c2)OCO3)cc1Cl. The van der Waals surface area contributed by atoms with E-state index in [1.807, 2.05) is 24.3 Å². The third-order valence-corrected chi connectivity index (χ3v) is 4.13. The van der Waals surface area contributed by atoms with Crippen LogP contribution in [0.15, 0.2) is 36.4 Å². The predicted molar refractivity (Wildman–Crippen MR) is 95.5 cm³/mol. The number of amides is 1. The van der Waals surface area contributed by atoms with Gasteiger partial charge in [0.15, 0.2) is 11.5 Å². The maximum atomic E-state index is 12.3. The van der Waals surface area contributed by atoms with Gasteiger partial charge in [0.2, 0.25) is 12.7 Å². The van der Waals surface area contributed by atoms with Crippen LogP contribution in [0, 0.1) is 0 Å². The first-order chi connectivity index (χ1) is 12.1. The van der Waals surface area contributed by atoms with Gasteiger partial charge < -0.3 is 24.8 Å². The molecule has 1 heterocycles. The van der Waals surface area contributed by atoms with Crippen LogP contribution >= 0.6 is 11.6 Å². The lowest BCUT2D eigenvalue weighted by Gasteiger charge is -2.16. The maximum absolute atomic E-state index is 12.3. The molecule has 1 aliphatic rings. The first-order valence-corrected chi connectivity index (χ1v) is 8.21. The summed E-state index contributed by atoms with van der Waals surface area (Å²) >= 11 is 6.09. The molecule has 0 saturated carbocycles. The third-order valence-electron chi connectivity index (χ3n) is 3.83. The van der Waals surface area contributed by atoms with Crippen LogP contribution in [0.4, 0.5) is 5.69 Å². The Bertz CT molecular complexity index is 782. The second kappa shape index (κ2) is 7.53. The molecular weight excluding hydrogens is 344 g/mol. The molecule has 1 amide bonds. The fourth-order valence-electron chi connectivity index (χ4n) is 2.46. The van der Waals surface area contributed by atoms with Crippen molar-refractivity contribution in [1.29, 1.82) is 0 Å². The number of nitrogens with one attached hydrogen (secondary N) is 2. The van der Waals surface area contributed by atoms with Gasteiger partial charge in [-0.2, -0.15) is 0 Å². The average Bonchev–Trinajstić information content (AvgIpc) is 3.07. The highest BCUT2D eigenvalue weighted by atomic mass is 35.5. The van der Waals surface area contributed by atoms with Crippen molar-refractivity contribution in [2.45, 2.75) is 19.5 Å². The summed E-state index contributed by atoms with van der Waals surface area (Å²) in [5.41, 5.74) is 1.69. The summed E-state index contributed by atoms with van der Waals surface area (Å²) in [7, 11) is 1.56. The lowest BCUT2D eigenvalue weighted by atomic mass is 10.2. The van der Waals surface area contributed by atoms with E-state index < -0.39 is 6.04 Å². The molecule has 2 aromatic rings. The molecule has 1 atom stereocenters. The van der Waals surface area contributed by atoms with Gasteiger partial charge in [-0.3, -0.25) is 4.79 Å². The Balaban J connectivity index is 1.55. The van der Waals surface area contributed by atoms with Crippen molar-refractivity contribution in [3.63, 3.8) is 0 Å². The Morgan fingerprint density at radius 3 is 2.80 bits per heavy atom. The van der Waals surface area contributed by atoms with Crippen molar-refractivity contribution in [2.24, 2.45) is 0 Å². The van der Waals surface area contributed by atoms with Gasteiger partial charge in [-0.25, -0.2) is 0 Å². The minimum atomic E-state index is -0.418. The Labute approximate surface area is 151 Å². The van der Waals surface area contributed by atoms with Crippen LogP contribution in [-0.2, 0) is 11.3 Å². The number of benzene rings is 2. The summed E-state index contributed by atoms with van der Waals surface area (Å²) < 4.78 is 15.7. The van der Waals surface area contributed by atoms with Crippen LogP contribution in [0.5, 0.6) is 17.2 Å². The van der Waals surface area contributed by atoms with Gasteiger partial charge in [0.25, 0.3) is 0 Å². The molecule has 1 aliphatic heterocycles. The smallest absolute Gasteiger partial charge is 0.242 e. The molecule has 7 heteroatoms. The minimum absolute atomic E-state index is 0.121. The molecule has 132 valence electrons. The first-order valence-electron chi connectivity index (χ1n) is 7.83. The third kappa shape index (κ3) is 4.09. The molecule has 0 saturated heterocycles. The van der Waals surface area contributed by atoms with E-state index in [1.165, 1.54) is 0 Å². The molecule has 0 radical (unpaired) electrons. The highest BCUT2D eigenvalue weighted by Gasteiger charge is 2.15. The lowest BCUT2D eigenvalue weighted by molar-refractivity contribution is -0.121. The molecule has 0 spiro atoms. The fraction of sp³-hybridized carbons (Fsp3) is 0.278. The monoisotopic (exact) mass is 362 g/mol. The molecule has 25 heavy (non-hydrogen) atoms. The number of halogens is 1. The van der Waals surface area contributed by atoms with Crippen LogP contribution < -0.4 is 24.8 Å². The van der Waals surface area contributed by atoms with Gasteiger partial charge in [-0.15, -0.1) is 0 Å². The molecule has 0 fully saturated rings. The van der Waals surface area contributed by atoms with Crippen molar-refractivity contribution in [3.8, 4) is 17.2 Å². The summed E-state index contributed by atoms with van der Waals surface area (Å²) in [5.74, 6) is 1.89. The molecule has 3 rings (SSSR count). The standard InChI is InChI=1S/C18H19ClN2O4/c1-11(21-13-4-6-15(23-2)14(19)8-13)18(22)20-9-12-3-5-16-17(7-12)25-10-24-16/h3-8,11,21H,9-10H2,1-2H3,(H,20,22)/t11-/m0/s1. The second-order valence-electron chi connectivity index (χ2n) is 5.62. The minimum Gasteiger partial charge on any atom is -0.495 e. The molecule has 0 aromatic heterocycles. The number of carbonyl (C=O) groups is 1. The van der Waals surface area contributed by atoms with Crippen molar-refractivity contribution in [1.82, 2.24) is 5.32 Å². The highest BCUT2D eigenvalue weighted by Crippen LogP contribution is 2.32. The Morgan fingerprint density at radius 1 is 1.24 bits per heavy atom. The van der Waals surface area contributed by atoms with Gasteiger partial charge in [0.1, 0.15) is 11.8 Å². The Hall–Kier alpha value is -2.60. The first kappa shape index (κ1) is 17.2. The van der Waals surface area contributed by atoms with E-state index >= 15 is 0 Å². The van der Waals surface area contributed by atoms with E-state index in [4.69, 9.17) is 25.8 Å². The van der Waals surface area contributed by atoms with E-state index in [0.29, 0.717) is 23.1 Å². The number of ether oxygens (including phenoxy) is 3. The number of rotatable bonds is 6. The van der Waals surface area contributed by atoms with Gasteiger partial charge in [0, 0.05) is 12.2 Å². The summed E-state index contributed by atoms with van der Waals surface area (Å²) in [6.45, 7) is 2.43. The van der Waals surface area contributed by atoms with Gasteiger partial charge in [0.05, 0.1) is 12.1 Å². The average molecular weight is 363 g/mol. The van der Waals surface area contributed by atoms with Crippen molar-refractivity contribution in [3.05, 3.63) is 47.0 Å². The number of hydrogen-bond acceptors (Lipinski definition) is 5. The Kier molecular flexibility index (Phi) is 5.19. The largest absolute Gasteiger partial charge is 0.495 e. The fourth-order valence-corrected chi connectivity index (χ4v) is 2.72. The zero-order valence-electron chi connectivity index (χ0n) is 14.0. The molecule has 0 bridgehead atoms. The van der Waals surface area contributed by atoms with Gasteiger partial charge >= 0.3 is 0 Å². The number of fused-ring (bicyclic) bond motifs is 1. The predicted octanol–water partition coefficient (Wildman–Crippen LogP) is 3.19. The van der Waals surface area contributed by atoms with Crippen LogP contribution in [-0.4, -0.2) is 25.9 Å². The van der Waals surface area contributed by atoms with Crippen molar-refractivity contribution >= 4 is 23.2 Å². The summed E-state index contributed by atoms with van der Waals surface area (Å²) in [6, 6.07) is 10.5. The zero-order valence-corrected chi connectivity index (χ0v) is 14.7.